The molecule has 0 aromatic rings. The van der Waals surface area contributed by atoms with Gasteiger partial charge in [-0.05, 0) is 26.7 Å². The van der Waals surface area contributed by atoms with Crippen molar-refractivity contribution in [2.24, 2.45) is 5.92 Å². The SMILES string of the molecule is CCC(C)OCC(=O)N1CCC(C(C)O)C1. The van der Waals surface area contributed by atoms with E-state index in [-0.39, 0.29) is 30.6 Å². The molecule has 0 spiro atoms. The van der Waals surface area contributed by atoms with E-state index in [1.165, 1.54) is 0 Å². The maximum absolute atomic E-state index is 11.8. The zero-order valence-electron chi connectivity index (χ0n) is 10.5. The van der Waals surface area contributed by atoms with Crippen molar-refractivity contribution in [3.63, 3.8) is 0 Å². The van der Waals surface area contributed by atoms with E-state index < -0.39 is 0 Å². The highest BCUT2D eigenvalue weighted by molar-refractivity contribution is 5.77. The quantitative estimate of drug-likeness (QED) is 0.766. The Kier molecular flexibility index (Phi) is 5.22. The lowest BCUT2D eigenvalue weighted by Crippen LogP contribution is -2.34. The molecule has 4 heteroatoms. The molecule has 0 aliphatic carbocycles. The van der Waals surface area contributed by atoms with E-state index in [2.05, 4.69) is 0 Å². The third-order valence-corrected chi connectivity index (χ3v) is 3.33. The van der Waals surface area contributed by atoms with Gasteiger partial charge in [-0.25, -0.2) is 0 Å². The van der Waals surface area contributed by atoms with E-state index in [9.17, 15) is 9.90 Å². The number of hydrogen-bond acceptors (Lipinski definition) is 3. The summed E-state index contributed by atoms with van der Waals surface area (Å²) >= 11 is 0. The molecule has 1 saturated heterocycles. The maximum atomic E-state index is 11.8. The number of carbonyl (C=O) groups excluding carboxylic acids is 1. The van der Waals surface area contributed by atoms with Crippen LogP contribution in [0.2, 0.25) is 0 Å². The largest absolute Gasteiger partial charge is 0.393 e. The van der Waals surface area contributed by atoms with Crippen molar-refractivity contribution < 1.29 is 14.6 Å². The topological polar surface area (TPSA) is 49.8 Å². The Hall–Kier alpha value is -0.610. The van der Waals surface area contributed by atoms with Crippen molar-refractivity contribution in [3.05, 3.63) is 0 Å². The first kappa shape index (κ1) is 13.5. The fraction of sp³-hybridized carbons (Fsp3) is 0.917. The van der Waals surface area contributed by atoms with Gasteiger partial charge < -0.3 is 14.7 Å². The lowest BCUT2D eigenvalue weighted by Gasteiger charge is -2.19. The first-order valence-electron chi connectivity index (χ1n) is 6.12. The van der Waals surface area contributed by atoms with Crippen LogP contribution in [-0.4, -0.2) is 47.8 Å². The van der Waals surface area contributed by atoms with Crippen LogP contribution in [0.1, 0.15) is 33.6 Å². The van der Waals surface area contributed by atoms with E-state index in [4.69, 9.17) is 4.74 Å². The van der Waals surface area contributed by atoms with E-state index in [1.807, 2.05) is 13.8 Å². The third-order valence-electron chi connectivity index (χ3n) is 3.33. The number of ether oxygens (including phenoxy) is 1. The molecule has 3 unspecified atom stereocenters. The molecular formula is C12H23NO3. The highest BCUT2D eigenvalue weighted by atomic mass is 16.5. The van der Waals surface area contributed by atoms with Crippen molar-refractivity contribution in [1.82, 2.24) is 4.90 Å². The molecule has 0 radical (unpaired) electrons. The Balaban J connectivity index is 2.28. The van der Waals surface area contributed by atoms with Crippen LogP contribution in [0, 0.1) is 5.92 Å². The smallest absolute Gasteiger partial charge is 0.248 e. The summed E-state index contributed by atoms with van der Waals surface area (Å²) in [4.78, 5) is 13.5. The lowest BCUT2D eigenvalue weighted by molar-refractivity contribution is -0.137. The second kappa shape index (κ2) is 6.21. The summed E-state index contributed by atoms with van der Waals surface area (Å²) in [5.74, 6) is 0.274. The first-order chi connectivity index (χ1) is 7.54. The lowest BCUT2D eigenvalue weighted by atomic mass is 10.0. The van der Waals surface area contributed by atoms with Gasteiger partial charge in [0.2, 0.25) is 5.91 Å². The number of aliphatic hydroxyl groups is 1. The molecule has 3 atom stereocenters. The molecule has 1 rings (SSSR count). The van der Waals surface area contributed by atoms with Gasteiger partial charge in [0.1, 0.15) is 6.61 Å². The minimum Gasteiger partial charge on any atom is -0.393 e. The summed E-state index contributed by atoms with van der Waals surface area (Å²) in [5.41, 5.74) is 0. The predicted molar refractivity (Wildman–Crippen MR) is 62.1 cm³/mol. The van der Waals surface area contributed by atoms with Gasteiger partial charge in [-0.15, -0.1) is 0 Å². The molecule has 16 heavy (non-hydrogen) atoms. The average molecular weight is 229 g/mol. The van der Waals surface area contributed by atoms with Crippen LogP contribution in [0.25, 0.3) is 0 Å². The Morgan fingerprint density at radius 2 is 2.25 bits per heavy atom. The maximum Gasteiger partial charge on any atom is 0.248 e. The number of carbonyl (C=O) groups is 1. The van der Waals surface area contributed by atoms with Gasteiger partial charge in [0.15, 0.2) is 0 Å². The highest BCUT2D eigenvalue weighted by Gasteiger charge is 2.28. The van der Waals surface area contributed by atoms with Crippen molar-refractivity contribution in [1.29, 1.82) is 0 Å². The Bertz CT molecular complexity index is 230. The molecule has 1 fully saturated rings. The summed E-state index contributed by atoms with van der Waals surface area (Å²) < 4.78 is 5.41. The molecule has 4 nitrogen and oxygen atoms in total. The number of amides is 1. The zero-order valence-corrected chi connectivity index (χ0v) is 10.5. The summed E-state index contributed by atoms with van der Waals surface area (Å²) in [5, 5.41) is 9.44. The summed E-state index contributed by atoms with van der Waals surface area (Å²) in [6.07, 6.45) is 1.63. The Morgan fingerprint density at radius 3 is 2.75 bits per heavy atom. The Morgan fingerprint density at radius 1 is 1.56 bits per heavy atom. The molecule has 1 aliphatic rings. The van der Waals surface area contributed by atoms with Crippen molar-refractivity contribution in [3.8, 4) is 0 Å². The van der Waals surface area contributed by atoms with Crippen molar-refractivity contribution in [2.45, 2.75) is 45.8 Å². The summed E-state index contributed by atoms with van der Waals surface area (Å²) in [6.45, 7) is 7.37. The second-order valence-corrected chi connectivity index (χ2v) is 4.66. The fourth-order valence-electron chi connectivity index (χ4n) is 1.83. The van der Waals surface area contributed by atoms with Crippen LogP contribution < -0.4 is 0 Å². The van der Waals surface area contributed by atoms with E-state index in [0.29, 0.717) is 6.54 Å². The van der Waals surface area contributed by atoms with Crippen LogP contribution in [0.5, 0.6) is 0 Å². The van der Waals surface area contributed by atoms with Crippen LogP contribution in [0.15, 0.2) is 0 Å². The standard InChI is InChI=1S/C12H23NO3/c1-4-9(2)16-8-12(15)13-6-5-11(7-13)10(3)14/h9-11,14H,4-8H2,1-3H3. The molecule has 0 saturated carbocycles. The zero-order chi connectivity index (χ0) is 12.1. The molecule has 1 amide bonds. The summed E-state index contributed by atoms with van der Waals surface area (Å²) in [7, 11) is 0. The van der Waals surface area contributed by atoms with Gasteiger partial charge in [0.05, 0.1) is 12.2 Å². The molecule has 1 heterocycles. The van der Waals surface area contributed by atoms with Crippen LogP contribution >= 0.6 is 0 Å². The average Bonchev–Trinajstić information content (AvgIpc) is 2.74. The molecule has 1 aliphatic heterocycles. The van der Waals surface area contributed by atoms with Gasteiger partial charge >= 0.3 is 0 Å². The van der Waals surface area contributed by atoms with Gasteiger partial charge in [0, 0.05) is 19.0 Å². The van der Waals surface area contributed by atoms with E-state index in [0.717, 1.165) is 19.4 Å². The Labute approximate surface area is 97.6 Å². The van der Waals surface area contributed by atoms with Gasteiger partial charge in [-0.3, -0.25) is 4.79 Å². The minimum atomic E-state index is -0.326. The minimum absolute atomic E-state index is 0.0449. The highest BCUT2D eigenvalue weighted by Crippen LogP contribution is 2.19. The summed E-state index contributed by atoms with van der Waals surface area (Å²) in [6, 6.07) is 0. The van der Waals surface area contributed by atoms with Crippen LogP contribution in [0.3, 0.4) is 0 Å². The molecule has 0 aromatic carbocycles. The number of rotatable bonds is 5. The van der Waals surface area contributed by atoms with Gasteiger partial charge in [-0.2, -0.15) is 0 Å². The molecule has 0 bridgehead atoms. The van der Waals surface area contributed by atoms with Crippen LogP contribution in [0.4, 0.5) is 0 Å². The number of aliphatic hydroxyl groups excluding tert-OH is 1. The second-order valence-electron chi connectivity index (χ2n) is 4.66. The van der Waals surface area contributed by atoms with Crippen molar-refractivity contribution in [2.75, 3.05) is 19.7 Å². The molecule has 1 N–H and O–H groups in total. The number of likely N-dealkylation sites (tertiary alicyclic amines) is 1. The third kappa shape index (κ3) is 3.76. The normalized spacial score (nSPS) is 24.5. The van der Waals surface area contributed by atoms with Gasteiger partial charge in [-0.1, -0.05) is 6.92 Å². The van der Waals surface area contributed by atoms with Crippen molar-refractivity contribution >= 4 is 5.91 Å². The molecule has 0 aromatic heterocycles. The molecular weight excluding hydrogens is 206 g/mol. The fourth-order valence-corrected chi connectivity index (χ4v) is 1.83. The monoisotopic (exact) mass is 229 g/mol. The van der Waals surface area contributed by atoms with Crippen LogP contribution in [-0.2, 0) is 9.53 Å². The first-order valence-corrected chi connectivity index (χ1v) is 6.12. The number of hydrogen-bond donors (Lipinski definition) is 1. The predicted octanol–water partition coefficient (Wildman–Crippen LogP) is 1.03. The molecule has 94 valence electrons. The van der Waals surface area contributed by atoms with Gasteiger partial charge in [0.25, 0.3) is 0 Å². The number of nitrogens with zero attached hydrogens (tertiary/aromatic N) is 1. The van der Waals surface area contributed by atoms with E-state index >= 15 is 0 Å². The van der Waals surface area contributed by atoms with E-state index in [1.54, 1.807) is 11.8 Å².